The van der Waals surface area contributed by atoms with Crippen molar-refractivity contribution in [3.8, 4) is 10.6 Å². The van der Waals surface area contributed by atoms with Crippen LogP contribution in [0.5, 0.6) is 0 Å². The van der Waals surface area contributed by atoms with E-state index in [1.807, 2.05) is 0 Å². The highest BCUT2D eigenvalue weighted by molar-refractivity contribution is 7.14. The number of benzene rings is 1. The van der Waals surface area contributed by atoms with Crippen LogP contribution in [0, 0.1) is 5.82 Å². The molecule has 0 amide bonds. The highest BCUT2D eigenvalue weighted by atomic mass is 35.5. The molecule has 1 aromatic heterocycles. The molecule has 0 aliphatic heterocycles. The molecule has 0 atom stereocenters. The Kier molecular flexibility index (Phi) is 4.63. The molecule has 0 radical (unpaired) electrons. The van der Waals surface area contributed by atoms with Crippen molar-refractivity contribution in [2.75, 3.05) is 6.54 Å². The van der Waals surface area contributed by atoms with Crippen molar-refractivity contribution in [1.82, 2.24) is 15.5 Å². The van der Waals surface area contributed by atoms with E-state index >= 15 is 0 Å². The Balaban J connectivity index is 2.13. The predicted molar refractivity (Wildman–Crippen MR) is 72.3 cm³/mol. The van der Waals surface area contributed by atoms with Gasteiger partial charge in [0, 0.05) is 12.1 Å². The van der Waals surface area contributed by atoms with Gasteiger partial charge < -0.3 is 5.32 Å². The average Bonchev–Trinajstić information content (AvgIpc) is 2.78. The number of hydrogen-bond donors (Lipinski definition) is 1. The van der Waals surface area contributed by atoms with Gasteiger partial charge in [-0.3, -0.25) is 0 Å². The summed E-state index contributed by atoms with van der Waals surface area (Å²) in [5.74, 6) is -0.349. The lowest BCUT2D eigenvalue weighted by Crippen LogP contribution is -2.13. The second kappa shape index (κ2) is 6.22. The van der Waals surface area contributed by atoms with Gasteiger partial charge in [0.2, 0.25) is 0 Å². The molecular formula is C12H13ClFN3S. The van der Waals surface area contributed by atoms with Gasteiger partial charge in [0.05, 0.1) is 5.02 Å². The lowest BCUT2D eigenvalue weighted by atomic mass is 10.2. The molecule has 0 unspecified atom stereocenters. The van der Waals surface area contributed by atoms with Crippen molar-refractivity contribution < 1.29 is 4.39 Å². The molecule has 0 fully saturated rings. The quantitative estimate of drug-likeness (QED) is 0.855. The van der Waals surface area contributed by atoms with Gasteiger partial charge in [-0.2, -0.15) is 0 Å². The number of aromatic nitrogens is 2. The minimum atomic E-state index is -0.349. The van der Waals surface area contributed by atoms with Gasteiger partial charge in [-0.25, -0.2) is 4.39 Å². The maximum absolute atomic E-state index is 12.9. The van der Waals surface area contributed by atoms with Crippen molar-refractivity contribution in [1.29, 1.82) is 0 Å². The number of hydrogen-bond acceptors (Lipinski definition) is 4. The first-order valence-corrected chi connectivity index (χ1v) is 6.88. The minimum absolute atomic E-state index is 0.349. The summed E-state index contributed by atoms with van der Waals surface area (Å²) in [4.78, 5) is 0. The number of halogens is 2. The summed E-state index contributed by atoms with van der Waals surface area (Å²) in [5.41, 5.74) is 0.720. The van der Waals surface area contributed by atoms with Crippen LogP contribution < -0.4 is 5.32 Å². The molecule has 1 N–H and O–H groups in total. The average molecular weight is 286 g/mol. The number of nitrogens with zero attached hydrogens (tertiary/aromatic N) is 2. The van der Waals surface area contributed by atoms with E-state index in [0.29, 0.717) is 16.6 Å². The van der Waals surface area contributed by atoms with Crippen molar-refractivity contribution in [2.24, 2.45) is 0 Å². The molecule has 2 aromatic rings. The summed E-state index contributed by atoms with van der Waals surface area (Å²) in [7, 11) is 0. The fourth-order valence-electron chi connectivity index (χ4n) is 1.47. The summed E-state index contributed by atoms with van der Waals surface area (Å²) in [6.45, 7) is 3.76. The van der Waals surface area contributed by atoms with Crippen LogP contribution in [0.25, 0.3) is 10.6 Å². The second-order valence-corrected chi connectivity index (χ2v) is 5.27. The fourth-order valence-corrected chi connectivity index (χ4v) is 2.63. The molecule has 0 bridgehead atoms. The maximum atomic E-state index is 12.9. The van der Waals surface area contributed by atoms with Crippen LogP contribution >= 0.6 is 22.9 Å². The molecule has 0 aliphatic carbocycles. The summed E-state index contributed by atoms with van der Waals surface area (Å²) >= 11 is 7.45. The van der Waals surface area contributed by atoms with E-state index in [1.54, 1.807) is 6.07 Å². The molecule has 1 heterocycles. The van der Waals surface area contributed by atoms with Gasteiger partial charge in [-0.15, -0.1) is 10.2 Å². The van der Waals surface area contributed by atoms with Crippen LogP contribution in [0.3, 0.4) is 0 Å². The zero-order valence-corrected chi connectivity index (χ0v) is 11.5. The van der Waals surface area contributed by atoms with E-state index < -0.39 is 0 Å². The first-order chi connectivity index (χ1) is 8.70. The number of nitrogens with one attached hydrogen (secondary N) is 1. The van der Waals surface area contributed by atoms with Crippen LogP contribution in [0.15, 0.2) is 18.2 Å². The lowest BCUT2D eigenvalue weighted by Gasteiger charge is -1.99. The first-order valence-electron chi connectivity index (χ1n) is 5.69. The van der Waals surface area contributed by atoms with Crippen molar-refractivity contribution >= 4 is 22.9 Å². The molecule has 1 aromatic carbocycles. The van der Waals surface area contributed by atoms with Crippen molar-refractivity contribution in [3.05, 3.63) is 34.0 Å². The van der Waals surface area contributed by atoms with E-state index in [9.17, 15) is 4.39 Å². The summed E-state index contributed by atoms with van der Waals surface area (Å²) in [6.07, 6.45) is 1.08. The molecule has 2 rings (SSSR count). The molecule has 0 saturated heterocycles. The fraction of sp³-hybridized carbons (Fsp3) is 0.333. The van der Waals surface area contributed by atoms with E-state index in [1.165, 1.54) is 23.5 Å². The number of rotatable bonds is 5. The van der Waals surface area contributed by atoms with Crippen LogP contribution in [0.1, 0.15) is 18.4 Å². The van der Waals surface area contributed by atoms with Gasteiger partial charge >= 0.3 is 0 Å². The largest absolute Gasteiger partial charge is 0.310 e. The van der Waals surface area contributed by atoms with Crippen LogP contribution in [0.4, 0.5) is 4.39 Å². The Bertz CT molecular complexity index is 530. The van der Waals surface area contributed by atoms with Crippen molar-refractivity contribution in [2.45, 2.75) is 19.9 Å². The van der Waals surface area contributed by atoms with Gasteiger partial charge in [-0.1, -0.05) is 29.9 Å². The Morgan fingerprint density at radius 3 is 2.94 bits per heavy atom. The molecule has 0 spiro atoms. The summed E-state index contributed by atoms with van der Waals surface area (Å²) in [6, 6.07) is 4.28. The van der Waals surface area contributed by atoms with Crippen LogP contribution in [-0.4, -0.2) is 16.7 Å². The molecule has 6 heteroatoms. The first kappa shape index (κ1) is 13.4. The predicted octanol–water partition coefficient (Wildman–Crippen LogP) is 3.50. The van der Waals surface area contributed by atoms with Crippen LogP contribution in [-0.2, 0) is 6.54 Å². The van der Waals surface area contributed by atoms with Gasteiger partial charge in [0.1, 0.15) is 15.8 Å². The van der Waals surface area contributed by atoms with E-state index in [0.717, 1.165) is 23.5 Å². The second-order valence-electron chi connectivity index (χ2n) is 3.80. The molecule has 18 heavy (non-hydrogen) atoms. The summed E-state index contributed by atoms with van der Waals surface area (Å²) < 4.78 is 12.9. The highest BCUT2D eigenvalue weighted by Gasteiger charge is 2.10. The third kappa shape index (κ3) is 3.25. The monoisotopic (exact) mass is 285 g/mol. The molecule has 0 aliphatic rings. The minimum Gasteiger partial charge on any atom is -0.310 e. The molecule has 3 nitrogen and oxygen atoms in total. The van der Waals surface area contributed by atoms with Crippen molar-refractivity contribution in [3.63, 3.8) is 0 Å². The standard InChI is InChI=1S/C12H13ClFN3S/c1-2-5-15-7-11-16-17-12(18-11)9-4-3-8(14)6-10(9)13/h3-4,6,15H,2,5,7H2,1H3. The highest BCUT2D eigenvalue weighted by Crippen LogP contribution is 2.30. The lowest BCUT2D eigenvalue weighted by molar-refractivity contribution is 0.628. The van der Waals surface area contributed by atoms with Gasteiger partial charge in [-0.05, 0) is 31.2 Å². The molecule has 96 valence electrons. The summed E-state index contributed by atoms with van der Waals surface area (Å²) in [5, 5.41) is 13.4. The van der Waals surface area contributed by atoms with Gasteiger partial charge in [0.25, 0.3) is 0 Å². The van der Waals surface area contributed by atoms with Crippen LogP contribution in [0.2, 0.25) is 5.02 Å². The Morgan fingerprint density at radius 2 is 2.22 bits per heavy atom. The normalized spacial score (nSPS) is 10.8. The third-order valence-electron chi connectivity index (χ3n) is 2.33. The zero-order valence-electron chi connectivity index (χ0n) is 9.91. The molecule has 0 saturated carbocycles. The zero-order chi connectivity index (χ0) is 13.0. The Hall–Kier alpha value is -1.04. The van der Waals surface area contributed by atoms with E-state index in [-0.39, 0.29) is 5.82 Å². The maximum Gasteiger partial charge on any atom is 0.149 e. The van der Waals surface area contributed by atoms with E-state index in [2.05, 4.69) is 22.4 Å². The third-order valence-corrected chi connectivity index (χ3v) is 3.60. The van der Waals surface area contributed by atoms with Gasteiger partial charge in [0.15, 0.2) is 0 Å². The topological polar surface area (TPSA) is 37.8 Å². The Labute approximate surface area is 114 Å². The smallest absolute Gasteiger partial charge is 0.149 e. The van der Waals surface area contributed by atoms with E-state index in [4.69, 9.17) is 11.6 Å². The molecular weight excluding hydrogens is 273 g/mol. The Morgan fingerprint density at radius 1 is 1.39 bits per heavy atom. The SMILES string of the molecule is CCCNCc1nnc(-c2ccc(F)cc2Cl)s1.